The van der Waals surface area contributed by atoms with Crippen LogP contribution in [0.1, 0.15) is 76.1 Å². The average Bonchev–Trinajstić information content (AvgIpc) is 3.18. The lowest BCUT2D eigenvalue weighted by molar-refractivity contribution is -0.130. The van der Waals surface area contributed by atoms with Crippen LogP contribution in [0.5, 0.6) is 0 Å². The van der Waals surface area contributed by atoms with Gasteiger partial charge in [0.1, 0.15) is 11.7 Å². The number of likely N-dealkylation sites (N-methyl/N-ethyl adjacent to an activating group) is 1. The van der Waals surface area contributed by atoms with Gasteiger partial charge in [0.15, 0.2) is 0 Å². The summed E-state index contributed by atoms with van der Waals surface area (Å²) >= 11 is 6.51. The predicted molar refractivity (Wildman–Crippen MR) is 228 cm³/mol. The summed E-state index contributed by atoms with van der Waals surface area (Å²) in [6.45, 7) is 10.2. The van der Waals surface area contributed by atoms with E-state index in [0.29, 0.717) is 43.1 Å². The Morgan fingerprint density at radius 2 is 1.49 bits per heavy atom. The van der Waals surface area contributed by atoms with Crippen LogP contribution in [0, 0.1) is 0 Å². The number of para-hydroxylation sites is 1. The Labute approximate surface area is 343 Å². The third-order valence-corrected chi connectivity index (χ3v) is 10.2. The number of benzene rings is 3. The summed E-state index contributed by atoms with van der Waals surface area (Å²) in [5, 5.41) is 6.67. The molecule has 0 unspecified atom stereocenters. The number of nitrogens with zero attached hydrogens (tertiary/aromatic N) is 4. The fraction of sp³-hybridized carbons (Fsp3) is 0.500. The molecule has 13 heteroatoms. The number of rotatable bonds is 18. The van der Waals surface area contributed by atoms with Crippen molar-refractivity contribution in [3.05, 3.63) is 83.4 Å². The van der Waals surface area contributed by atoms with Crippen LogP contribution in [0.3, 0.4) is 0 Å². The number of nitrogens with one attached hydrogen (secondary N) is 2. The lowest BCUT2D eigenvalue weighted by Gasteiger charge is -2.32. The van der Waals surface area contributed by atoms with Crippen LogP contribution in [-0.2, 0) is 14.3 Å². The summed E-state index contributed by atoms with van der Waals surface area (Å²) in [7, 11) is 5.26. The molecule has 1 aliphatic heterocycles. The maximum Gasteiger partial charge on any atom is 0.411 e. The summed E-state index contributed by atoms with van der Waals surface area (Å²) in [5.74, 6) is -0.0419. The third-order valence-electron chi connectivity index (χ3n) is 9.87. The maximum atomic E-state index is 13.0. The summed E-state index contributed by atoms with van der Waals surface area (Å²) in [6, 6.07) is 23.0. The molecule has 0 aliphatic carbocycles. The number of carbonyl (C=O) groups is 4. The number of likely N-dealkylation sites (tertiary alicyclic amines) is 1. The highest BCUT2D eigenvalue weighted by molar-refractivity contribution is 6.34. The monoisotopic (exact) mass is 804 g/mol. The normalized spacial score (nSPS) is 13.4. The highest BCUT2D eigenvalue weighted by Gasteiger charge is 2.24. The average molecular weight is 805 g/mol. The van der Waals surface area contributed by atoms with Gasteiger partial charge < -0.3 is 34.4 Å². The number of anilines is 2. The first-order valence-electron chi connectivity index (χ1n) is 20.0. The van der Waals surface area contributed by atoms with Crippen molar-refractivity contribution in [1.82, 2.24) is 19.6 Å². The molecule has 12 nitrogen and oxygen atoms in total. The van der Waals surface area contributed by atoms with E-state index in [1.165, 1.54) is 4.90 Å². The van der Waals surface area contributed by atoms with Crippen molar-refractivity contribution < 1.29 is 28.7 Å². The Hall–Kier alpha value is -4.81. The van der Waals surface area contributed by atoms with E-state index in [0.717, 1.165) is 80.8 Å². The van der Waals surface area contributed by atoms with Crippen molar-refractivity contribution in [3.8, 4) is 11.1 Å². The molecule has 0 spiro atoms. The lowest BCUT2D eigenvalue weighted by atomic mass is 10.0. The second kappa shape index (κ2) is 22.2. The second-order valence-corrected chi connectivity index (χ2v) is 16.1. The molecule has 0 radical (unpaired) electrons. The van der Waals surface area contributed by atoms with Crippen molar-refractivity contribution >= 4 is 47.0 Å². The molecule has 1 heterocycles. The highest BCUT2D eigenvalue weighted by atomic mass is 35.5. The summed E-state index contributed by atoms with van der Waals surface area (Å²) < 4.78 is 11.2. The van der Waals surface area contributed by atoms with Gasteiger partial charge in [-0.1, -0.05) is 66.6 Å². The molecule has 57 heavy (non-hydrogen) atoms. The maximum absolute atomic E-state index is 13.0. The highest BCUT2D eigenvalue weighted by Crippen LogP contribution is 2.28. The van der Waals surface area contributed by atoms with Gasteiger partial charge in [0.25, 0.3) is 5.91 Å². The first-order valence-corrected chi connectivity index (χ1v) is 20.4. The van der Waals surface area contributed by atoms with Crippen LogP contribution in [-0.4, -0.2) is 122 Å². The molecular formula is C44H61ClN6O6. The standard InChI is InChI=1S/C44H61ClN6O6/c1-44(2,3)57-43(55)50(6)27-15-26-49(5)41(53)37-22-21-34(32-38(37)45)46-25-14-8-11-20-40(52)48(4)30-31-51-28-23-35(24-29-51)56-42(54)47-39-19-13-12-18-36(39)33-16-9-7-10-17-33/h7,9-10,12-13,16-19,21-22,32,35,46H,8,11,14-15,20,23-31H2,1-6H3,(H,47,54). The fourth-order valence-electron chi connectivity index (χ4n) is 6.50. The summed E-state index contributed by atoms with van der Waals surface area (Å²) in [6.07, 6.45) is 4.24. The molecular weight excluding hydrogens is 744 g/mol. The molecule has 4 amide bonds. The van der Waals surface area contributed by atoms with Crippen LogP contribution in [0.25, 0.3) is 11.1 Å². The van der Waals surface area contributed by atoms with Crippen molar-refractivity contribution in [1.29, 1.82) is 0 Å². The molecule has 1 saturated heterocycles. The number of ether oxygens (including phenoxy) is 2. The summed E-state index contributed by atoms with van der Waals surface area (Å²) in [4.78, 5) is 58.0. The number of amides is 4. The van der Waals surface area contributed by atoms with E-state index < -0.39 is 17.8 Å². The largest absolute Gasteiger partial charge is 0.446 e. The number of unbranched alkanes of at least 4 members (excludes halogenated alkanes) is 2. The Balaban J connectivity index is 1.05. The first kappa shape index (κ1) is 44.9. The van der Waals surface area contributed by atoms with E-state index >= 15 is 0 Å². The molecule has 0 atom stereocenters. The second-order valence-electron chi connectivity index (χ2n) is 15.7. The zero-order valence-electron chi connectivity index (χ0n) is 34.5. The van der Waals surface area contributed by atoms with E-state index in [4.69, 9.17) is 21.1 Å². The van der Waals surface area contributed by atoms with Gasteiger partial charge in [0.05, 0.1) is 16.3 Å². The minimum absolute atomic E-state index is 0.140. The fourth-order valence-corrected chi connectivity index (χ4v) is 6.76. The van der Waals surface area contributed by atoms with Gasteiger partial charge in [0, 0.05) is 84.6 Å². The van der Waals surface area contributed by atoms with Gasteiger partial charge in [-0.3, -0.25) is 14.9 Å². The minimum atomic E-state index is -0.560. The van der Waals surface area contributed by atoms with Gasteiger partial charge in [-0.2, -0.15) is 0 Å². The van der Waals surface area contributed by atoms with Crippen molar-refractivity contribution in [2.75, 3.05) is 77.6 Å². The molecule has 4 rings (SSSR count). The van der Waals surface area contributed by atoms with Crippen molar-refractivity contribution in [2.24, 2.45) is 0 Å². The quantitative estimate of drug-likeness (QED) is 0.123. The van der Waals surface area contributed by atoms with Gasteiger partial charge >= 0.3 is 12.2 Å². The van der Waals surface area contributed by atoms with Crippen molar-refractivity contribution in [2.45, 2.75) is 77.4 Å². The zero-order valence-corrected chi connectivity index (χ0v) is 35.3. The molecule has 2 N–H and O–H groups in total. The molecule has 3 aromatic carbocycles. The molecule has 1 fully saturated rings. The zero-order chi connectivity index (χ0) is 41.4. The van der Waals surface area contributed by atoms with E-state index in [-0.39, 0.29) is 17.9 Å². The van der Waals surface area contributed by atoms with Crippen LogP contribution in [0.15, 0.2) is 72.8 Å². The minimum Gasteiger partial charge on any atom is -0.446 e. The van der Waals surface area contributed by atoms with Gasteiger partial charge in [-0.25, -0.2) is 9.59 Å². The topological polar surface area (TPSA) is 124 Å². The molecule has 0 saturated carbocycles. The smallest absolute Gasteiger partial charge is 0.411 e. The Kier molecular flexibility index (Phi) is 17.5. The van der Waals surface area contributed by atoms with Gasteiger partial charge in [0.2, 0.25) is 5.91 Å². The Morgan fingerprint density at radius 1 is 0.807 bits per heavy atom. The lowest BCUT2D eigenvalue weighted by Crippen LogP contribution is -2.42. The first-order chi connectivity index (χ1) is 27.2. The molecule has 310 valence electrons. The van der Waals surface area contributed by atoms with E-state index in [1.807, 2.05) is 93.4 Å². The molecule has 1 aliphatic rings. The third kappa shape index (κ3) is 15.2. The molecule has 3 aromatic rings. The van der Waals surface area contributed by atoms with Crippen LogP contribution in [0.4, 0.5) is 21.0 Å². The van der Waals surface area contributed by atoms with Crippen LogP contribution in [0.2, 0.25) is 5.02 Å². The number of halogens is 1. The van der Waals surface area contributed by atoms with Gasteiger partial charge in [-0.05, 0) is 82.7 Å². The number of hydrogen-bond donors (Lipinski definition) is 2. The van der Waals surface area contributed by atoms with Crippen LogP contribution < -0.4 is 10.6 Å². The molecule has 0 aromatic heterocycles. The predicted octanol–water partition coefficient (Wildman–Crippen LogP) is 8.48. The number of piperidine rings is 1. The molecule has 0 bridgehead atoms. The Morgan fingerprint density at radius 3 is 2.19 bits per heavy atom. The summed E-state index contributed by atoms with van der Waals surface area (Å²) in [5.41, 5.74) is 3.39. The van der Waals surface area contributed by atoms with E-state index in [2.05, 4.69) is 15.5 Å². The van der Waals surface area contributed by atoms with E-state index in [1.54, 1.807) is 31.1 Å². The Bertz CT molecular complexity index is 1760. The SMILES string of the molecule is CN(CCN1CCC(OC(=O)Nc2ccccc2-c2ccccc2)CC1)C(=O)CCCCCNc1ccc(C(=O)N(C)CCCN(C)C(=O)OC(C)(C)C)c(Cl)c1. The van der Waals surface area contributed by atoms with Crippen LogP contribution >= 0.6 is 11.6 Å². The van der Waals surface area contributed by atoms with Gasteiger partial charge in [-0.15, -0.1) is 0 Å². The van der Waals surface area contributed by atoms with E-state index in [9.17, 15) is 19.2 Å². The van der Waals surface area contributed by atoms with Crippen molar-refractivity contribution in [3.63, 3.8) is 0 Å². The number of hydrogen-bond acceptors (Lipinski definition) is 8. The number of carbonyl (C=O) groups excluding carboxylic acids is 4.